The average molecular weight is 375 g/mol. The maximum absolute atomic E-state index is 6.36. The van der Waals surface area contributed by atoms with Crippen molar-refractivity contribution in [1.82, 2.24) is 5.32 Å². The molecule has 1 fully saturated rings. The average Bonchev–Trinajstić information content (AvgIpc) is 2.48. The maximum Gasteiger partial charge on any atom is 0.188 e. The number of ether oxygens (including phenoxy) is 1. The minimum absolute atomic E-state index is 0.179. The molecule has 2 aromatic carbocycles. The van der Waals surface area contributed by atoms with Crippen molar-refractivity contribution in [3.05, 3.63) is 58.6 Å². The molecule has 2 aliphatic heterocycles. The van der Waals surface area contributed by atoms with Gasteiger partial charge in [-0.1, -0.05) is 34.1 Å². The Bertz CT molecular complexity index is 752. The first-order valence-corrected chi connectivity index (χ1v) is 8.41. The van der Waals surface area contributed by atoms with Gasteiger partial charge in [0.05, 0.1) is 6.04 Å². The number of fused-ring (bicyclic) bond motifs is 4. The van der Waals surface area contributed by atoms with Gasteiger partial charge in [-0.05, 0) is 49.5 Å². The number of halogens is 1. The molecule has 2 atom stereocenters. The minimum atomic E-state index is -0.477. The molecule has 2 aromatic rings. The standard InChI is InChI=1S/C17H15BrN2OS/c1-17-10-14(13-9-11(18)7-8-15(13)21-17)19-16(22)20(17)12-5-3-2-4-6-12/h2-9,14H,10H2,1H3,(H,19,22). The van der Waals surface area contributed by atoms with Crippen molar-refractivity contribution in [2.24, 2.45) is 0 Å². The first-order chi connectivity index (χ1) is 10.6. The predicted octanol–water partition coefficient (Wildman–Crippen LogP) is 4.38. The van der Waals surface area contributed by atoms with Crippen LogP contribution in [0, 0.1) is 0 Å². The van der Waals surface area contributed by atoms with E-state index in [1.807, 2.05) is 30.3 Å². The number of rotatable bonds is 1. The summed E-state index contributed by atoms with van der Waals surface area (Å²) in [5.74, 6) is 0.915. The van der Waals surface area contributed by atoms with Crippen molar-refractivity contribution in [3.63, 3.8) is 0 Å². The van der Waals surface area contributed by atoms with Crippen LogP contribution in [-0.2, 0) is 0 Å². The van der Waals surface area contributed by atoms with Gasteiger partial charge in [0.15, 0.2) is 10.8 Å². The summed E-state index contributed by atoms with van der Waals surface area (Å²) in [6.07, 6.45) is 0.839. The Morgan fingerprint density at radius 2 is 2.05 bits per heavy atom. The van der Waals surface area contributed by atoms with Gasteiger partial charge in [-0.2, -0.15) is 0 Å². The molecule has 2 bridgehead atoms. The Morgan fingerprint density at radius 1 is 1.27 bits per heavy atom. The highest BCUT2D eigenvalue weighted by Crippen LogP contribution is 2.46. The quantitative estimate of drug-likeness (QED) is 0.748. The highest BCUT2D eigenvalue weighted by molar-refractivity contribution is 9.10. The molecule has 0 saturated carbocycles. The second-order valence-corrected chi connectivity index (χ2v) is 7.14. The Hall–Kier alpha value is -1.59. The van der Waals surface area contributed by atoms with Crippen LogP contribution < -0.4 is 15.0 Å². The topological polar surface area (TPSA) is 24.5 Å². The lowest BCUT2D eigenvalue weighted by Gasteiger charge is -2.52. The summed E-state index contributed by atoms with van der Waals surface area (Å²) in [7, 11) is 0. The van der Waals surface area contributed by atoms with E-state index in [1.165, 1.54) is 0 Å². The number of hydrogen-bond acceptors (Lipinski definition) is 2. The fraction of sp³-hybridized carbons (Fsp3) is 0.235. The Kier molecular flexibility index (Phi) is 3.16. The molecule has 1 saturated heterocycles. The van der Waals surface area contributed by atoms with Crippen LogP contribution in [0.2, 0.25) is 0 Å². The normalized spacial score (nSPS) is 26.0. The molecular weight excluding hydrogens is 360 g/mol. The highest BCUT2D eigenvalue weighted by Gasteiger charge is 2.48. The number of anilines is 1. The van der Waals surface area contributed by atoms with Gasteiger partial charge in [0.2, 0.25) is 0 Å². The molecule has 0 aromatic heterocycles. The maximum atomic E-state index is 6.36. The number of hydrogen-bond donors (Lipinski definition) is 1. The van der Waals surface area contributed by atoms with Gasteiger partial charge in [0.1, 0.15) is 5.75 Å². The van der Waals surface area contributed by atoms with Crippen molar-refractivity contribution >= 4 is 38.9 Å². The zero-order valence-corrected chi connectivity index (χ0v) is 14.4. The van der Waals surface area contributed by atoms with E-state index < -0.39 is 5.72 Å². The lowest BCUT2D eigenvalue weighted by molar-refractivity contribution is 0.0497. The molecule has 1 N–H and O–H groups in total. The monoisotopic (exact) mass is 374 g/mol. The van der Waals surface area contributed by atoms with Crippen LogP contribution in [0.4, 0.5) is 5.69 Å². The Balaban J connectivity index is 1.81. The molecule has 22 heavy (non-hydrogen) atoms. The zero-order valence-electron chi connectivity index (χ0n) is 12.0. The third kappa shape index (κ3) is 2.11. The van der Waals surface area contributed by atoms with Crippen molar-refractivity contribution in [2.45, 2.75) is 25.1 Å². The molecule has 4 rings (SSSR count). The van der Waals surface area contributed by atoms with Crippen LogP contribution >= 0.6 is 28.1 Å². The van der Waals surface area contributed by atoms with Crippen molar-refractivity contribution in [1.29, 1.82) is 0 Å². The molecule has 0 radical (unpaired) electrons. The fourth-order valence-electron chi connectivity index (χ4n) is 3.31. The SMILES string of the molecule is CC12CC(NC(=S)N1c1ccccc1)c1cc(Br)ccc1O2. The number of benzene rings is 2. The third-order valence-corrected chi connectivity index (χ3v) is 5.04. The van der Waals surface area contributed by atoms with Crippen molar-refractivity contribution < 1.29 is 4.74 Å². The van der Waals surface area contributed by atoms with E-state index in [9.17, 15) is 0 Å². The van der Waals surface area contributed by atoms with Gasteiger partial charge < -0.3 is 10.1 Å². The van der Waals surface area contributed by atoms with E-state index in [4.69, 9.17) is 17.0 Å². The molecule has 2 heterocycles. The summed E-state index contributed by atoms with van der Waals surface area (Å²) < 4.78 is 7.41. The van der Waals surface area contributed by atoms with Crippen LogP contribution in [0.15, 0.2) is 53.0 Å². The second kappa shape index (κ2) is 4.96. The van der Waals surface area contributed by atoms with Gasteiger partial charge >= 0.3 is 0 Å². The van der Waals surface area contributed by atoms with Gasteiger partial charge in [-0.25, -0.2) is 0 Å². The van der Waals surface area contributed by atoms with E-state index in [-0.39, 0.29) is 6.04 Å². The van der Waals surface area contributed by atoms with E-state index in [1.54, 1.807) is 0 Å². The van der Waals surface area contributed by atoms with Crippen LogP contribution in [0.3, 0.4) is 0 Å². The second-order valence-electron chi connectivity index (χ2n) is 5.84. The molecule has 2 aliphatic rings. The third-order valence-electron chi connectivity index (χ3n) is 4.25. The molecule has 112 valence electrons. The molecule has 0 aliphatic carbocycles. The largest absolute Gasteiger partial charge is 0.467 e. The van der Waals surface area contributed by atoms with Gasteiger partial charge in [0.25, 0.3) is 0 Å². The molecule has 3 nitrogen and oxygen atoms in total. The Morgan fingerprint density at radius 3 is 2.82 bits per heavy atom. The van der Waals surface area contributed by atoms with Crippen molar-refractivity contribution in [2.75, 3.05) is 4.90 Å². The predicted molar refractivity (Wildman–Crippen MR) is 95.2 cm³/mol. The Labute approximate surface area is 143 Å². The summed E-state index contributed by atoms with van der Waals surface area (Å²) in [5.41, 5.74) is 1.72. The first-order valence-electron chi connectivity index (χ1n) is 7.21. The highest BCUT2D eigenvalue weighted by atomic mass is 79.9. The van der Waals surface area contributed by atoms with Crippen LogP contribution in [0.1, 0.15) is 24.9 Å². The van der Waals surface area contributed by atoms with E-state index in [2.05, 4.69) is 51.3 Å². The first kappa shape index (κ1) is 14.0. The summed E-state index contributed by atoms with van der Waals surface area (Å²) in [6, 6.07) is 16.5. The molecule has 0 spiro atoms. The van der Waals surface area contributed by atoms with Gasteiger partial charge in [-0.15, -0.1) is 0 Å². The number of nitrogens with zero attached hydrogens (tertiary/aromatic N) is 1. The summed E-state index contributed by atoms with van der Waals surface area (Å²) in [4.78, 5) is 2.07. The van der Waals surface area contributed by atoms with Crippen LogP contribution in [0.5, 0.6) is 5.75 Å². The van der Waals surface area contributed by atoms with Crippen LogP contribution in [0.25, 0.3) is 0 Å². The van der Waals surface area contributed by atoms with Crippen LogP contribution in [-0.4, -0.2) is 10.8 Å². The number of nitrogens with one attached hydrogen (secondary N) is 1. The summed E-state index contributed by atoms with van der Waals surface area (Å²) in [5, 5.41) is 4.17. The van der Waals surface area contributed by atoms with Gasteiger partial charge in [0, 0.05) is 22.1 Å². The molecule has 0 amide bonds. The number of para-hydroxylation sites is 1. The number of thiocarbonyl (C=S) groups is 1. The molecular formula is C17H15BrN2OS. The smallest absolute Gasteiger partial charge is 0.188 e. The fourth-order valence-corrected chi connectivity index (χ4v) is 4.13. The molecule has 5 heteroatoms. The lowest BCUT2D eigenvalue weighted by Crippen LogP contribution is -2.65. The van der Waals surface area contributed by atoms with E-state index >= 15 is 0 Å². The minimum Gasteiger partial charge on any atom is -0.467 e. The van der Waals surface area contributed by atoms with Crippen molar-refractivity contribution in [3.8, 4) is 5.75 Å². The van der Waals surface area contributed by atoms with E-state index in [0.717, 1.165) is 27.9 Å². The summed E-state index contributed by atoms with van der Waals surface area (Å²) in [6.45, 7) is 2.10. The van der Waals surface area contributed by atoms with Gasteiger partial charge in [-0.3, -0.25) is 4.90 Å². The lowest BCUT2D eigenvalue weighted by atomic mass is 9.90. The molecule has 2 unspecified atom stereocenters. The summed E-state index contributed by atoms with van der Waals surface area (Å²) >= 11 is 9.15. The van der Waals surface area contributed by atoms with E-state index in [0.29, 0.717) is 5.11 Å². The zero-order chi connectivity index (χ0) is 15.3.